The summed E-state index contributed by atoms with van der Waals surface area (Å²) in [5.41, 5.74) is 3.93. The lowest BCUT2D eigenvalue weighted by Gasteiger charge is -2.07. The van der Waals surface area contributed by atoms with Crippen LogP contribution in [-0.2, 0) is 6.42 Å². The molecule has 0 radical (unpaired) electrons. The molecule has 0 saturated carbocycles. The average Bonchev–Trinajstić information content (AvgIpc) is 2.68. The summed E-state index contributed by atoms with van der Waals surface area (Å²) in [6.45, 7) is 2.01. The van der Waals surface area contributed by atoms with Gasteiger partial charge in [-0.2, -0.15) is 0 Å². The van der Waals surface area contributed by atoms with Crippen molar-refractivity contribution in [2.45, 2.75) is 38.8 Å². The molecule has 0 aliphatic rings. The number of phenolic OH excluding ortho intramolecular Hbond substituents is 1. The fourth-order valence-electron chi connectivity index (χ4n) is 2.88. The number of halogens is 1. The number of aromatic nitrogens is 2. The van der Waals surface area contributed by atoms with E-state index in [1.54, 1.807) is 24.5 Å². The lowest BCUT2D eigenvalue weighted by Crippen LogP contribution is -2.01. The molecule has 0 bridgehead atoms. The number of hydrogen-bond donors (Lipinski definition) is 1. The van der Waals surface area contributed by atoms with Crippen LogP contribution in [0.2, 0.25) is 0 Å². The molecule has 2 aromatic carbocycles. The maximum Gasteiger partial charge on any atom is 0.159 e. The van der Waals surface area contributed by atoms with Crippen molar-refractivity contribution in [2.24, 2.45) is 0 Å². The molecular formula is C22H23FN2O. The first-order chi connectivity index (χ1) is 12.7. The van der Waals surface area contributed by atoms with E-state index in [-0.39, 0.29) is 5.75 Å². The zero-order valence-electron chi connectivity index (χ0n) is 14.9. The molecule has 0 aliphatic carbocycles. The number of aryl methyl sites for hydroxylation is 1. The molecule has 1 aromatic heterocycles. The van der Waals surface area contributed by atoms with Crippen LogP contribution in [0.5, 0.6) is 5.75 Å². The molecule has 4 heteroatoms. The summed E-state index contributed by atoms with van der Waals surface area (Å²) in [6.07, 6.45) is 5.70. The maximum atomic E-state index is 13.6. The molecule has 0 amide bonds. The second-order valence-corrected chi connectivity index (χ2v) is 6.46. The summed E-state index contributed by atoms with van der Waals surface area (Å²) in [7, 11) is 0. The van der Waals surface area contributed by atoms with Crippen molar-refractivity contribution in [1.82, 2.24) is 9.97 Å². The topological polar surface area (TPSA) is 46.0 Å². The number of nitrogens with zero attached hydrogens (tertiary/aromatic N) is 2. The molecule has 0 saturated heterocycles. The van der Waals surface area contributed by atoms with E-state index in [2.05, 4.69) is 9.97 Å². The SMILES string of the molecule is CCC[C@H](F)CCc1ccc(-c2ncc(-c3ccc(O)cc3)cn2)cc1. The minimum Gasteiger partial charge on any atom is -0.508 e. The van der Waals surface area contributed by atoms with Gasteiger partial charge < -0.3 is 5.11 Å². The van der Waals surface area contributed by atoms with Crippen molar-refractivity contribution in [1.29, 1.82) is 0 Å². The molecule has 134 valence electrons. The van der Waals surface area contributed by atoms with Gasteiger partial charge in [0.25, 0.3) is 0 Å². The zero-order chi connectivity index (χ0) is 18.4. The number of alkyl halides is 1. The Kier molecular flexibility index (Phi) is 5.95. The Balaban J connectivity index is 1.66. The standard InChI is InChI=1S/C22H23FN2O/c1-2-3-20(23)11-6-16-4-7-18(8-5-16)22-24-14-19(15-25-22)17-9-12-21(26)13-10-17/h4-5,7-10,12-15,20,26H,2-3,6,11H2,1H3/t20-/m0/s1. The van der Waals surface area contributed by atoms with Crippen molar-refractivity contribution in [3.8, 4) is 28.3 Å². The van der Waals surface area contributed by atoms with Crippen molar-refractivity contribution in [2.75, 3.05) is 0 Å². The molecule has 0 fully saturated rings. The largest absolute Gasteiger partial charge is 0.508 e. The van der Waals surface area contributed by atoms with Crippen molar-refractivity contribution in [3.05, 3.63) is 66.5 Å². The van der Waals surface area contributed by atoms with Gasteiger partial charge in [-0.15, -0.1) is 0 Å². The molecule has 0 unspecified atom stereocenters. The first kappa shape index (κ1) is 18.1. The molecule has 3 nitrogen and oxygen atoms in total. The van der Waals surface area contributed by atoms with Crippen LogP contribution in [0.4, 0.5) is 4.39 Å². The van der Waals surface area contributed by atoms with Gasteiger partial charge >= 0.3 is 0 Å². The second kappa shape index (κ2) is 8.56. The Labute approximate surface area is 153 Å². The van der Waals surface area contributed by atoms with Gasteiger partial charge in [0.15, 0.2) is 5.82 Å². The van der Waals surface area contributed by atoms with Crippen LogP contribution in [0.1, 0.15) is 31.7 Å². The van der Waals surface area contributed by atoms with E-state index in [9.17, 15) is 9.50 Å². The molecule has 1 heterocycles. The van der Waals surface area contributed by atoms with E-state index in [1.807, 2.05) is 43.3 Å². The second-order valence-electron chi connectivity index (χ2n) is 6.46. The minimum atomic E-state index is -0.713. The highest BCUT2D eigenvalue weighted by Crippen LogP contribution is 2.23. The predicted octanol–water partition coefficient (Wildman–Crippen LogP) is 5.59. The fraction of sp³-hybridized carbons (Fsp3) is 0.273. The van der Waals surface area contributed by atoms with Gasteiger partial charge in [0.1, 0.15) is 11.9 Å². The number of hydrogen-bond acceptors (Lipinski definition) is 3. The van der Waals surface area contributed by atoms with Crippen LogP contribution in [0.25, 0.3) is 22.5 Å². The Morgan fingerprint density at radius 2 is 1.46 bits per heavy atom. The summed E-state index contributed by atoms with van der Waals surface area (Å²) in [5, 5.41) is 9.36. The molecule has 3 rings (SSSR count). The molecule has 0 spiro atoms. The Hall–Kier alpha value is -2.75. The molecule has 26 heavy (non-hydrogen) atoms. The molecule has 1 atom stereocenters. The van der Waals surface area contributed by atoms with Crippen LogP contribution in [-0.4, -0.2) is 21.2 Å². The van der Waals surface area contributed by atoms with Gasteiger partial charge in [-0.25, -0.2) is 14.4 Å². The van der Waals surface area contributed by atoms with E-state index in [0.717, 1.165) is 35.1 Å². The van der Waals surface area contributed by atoms with Crippen LogP contribution in [0.3, 0.4) is 0 Å². The first-order valence-corrected chi connectivity index (χ1v) is 9.00. The summed E-state index contributed by atoms with van der Waals surface area (Å²) in [4.78, 5) is 8.88. The van der Waals surface area contributed by atoms with Gasteiger partial charge in [-0.1, -0.05) is 49.7 Å². The zero-order valence-corrected chi connectivity index (χ0v) is 14.9. The monoisotopic (exact) mass is 350 g/mol. The first-order valence-electron chi connectivity index (χ1n) is 9.00. The van der Waals surface area contributed by atoms with Crippen molar-refractivity contribution >= 4 is 0 Å². The third-order valence-corrected chi connectivity index (χ3v) is 4.41. The van der Waals surface area contributed by atoms with Gasteiger partial charge in [-0.3, -0.25) is 0 Å². The third kappa shape index (κ3) is 4.66. The molecule has 3 aromatic rings. The van der Waals surface area contributed by atoms with Crippen molar-refractivity contribution in [3.63, 3.8) is 0 Å². The summed E-state index contributed by atoms with van der Waals surface area (Å²) in [5.74, 6) is 0.897. The third-order valence-electron chi connectivity index (χ3n) is 4.41. The molecular weight excluding hydrogens is 327 g/mol. The summed E-state index contributed by atoms with van der Waals surface area (Å²) >= 11 is 0. The molecule has 1 N–H and O–H groups in total. The average molecular weight is 350 g/mol. The van der Waals surface area contributed by atoms with Crippen LogP contribution < -0.4 is 0 Å². The number of aromatic hydroxyl groups is 1. The highest BCUT2D eigenvalue weighted by molar-refractivity contribution is 5.64. The van der Waals surface area contributed by atoms with Crippen LogP contribution in [0, 0.1) is 0 Å². The lowest BCUT2D eigenvalue weighted by molar-refractivity contribution is 0.294. The smallest absolute Gasteiger partial charge is 0.159 e. The minimum absolute atomic E-state index is 0.236. The highest BCUT2D eigenvalue weighted by Gasteiger charge is 2.07. The van der Waals surface area contributed by atoms with Crippen molar-refractivity contribution < 1.29 is 9.50 Å². The quantitative estimate of drug-likeness (QED) is 0.604. The highest BCUT2D eigenvalue weighted by atomic mass is 19.1. The van der Waals surface area contributed by atoms with Gasteiger partial charge in [-0.05, 0) is 42.5 Å². The maximum absolute atomic E-state index is 13.6. The van der Waals surface area contributed by atoms with E-state index < -0.39 is 6.17 Å². The van der Waals surface area contributed by atoms with E-state index in [4.69, 9.17) is 0 Å². The lowest BCUT2D eigenvalue weighted by atomic mass is 10.0. The van der Waals surface area contributed by atoms with Gasteiger partial charge in [0, 0.05) is 23.5 Å². The normalized spacial score (nSPS) is 12.1. The van der Waals surface area contributed by atoms with Crippen LogP contribution in [0.15, 0.2) is 60.9 Å². The summed E-state index contributed by atoms with van der Waals surface area (Å²) < 4.78 is 13.6. The Morgan fingerprint density at radius 1 is 0.846 bits per heavy atom. The molecule has 0 aliphatic heterocycles. The van der Waals surface area contributed by atoms with E-state index in [0.29, 0.717) is 18.7 Å². The van der Waals surface area contributed by atoms with Gasteiger partial charge in [0.2, 0.25) is 0 Å². The number of rotatable bonds is 7. The van der Waals surface area contributed by atoms with E-state index >= 15 is 0 Å². The Bertz CT molecular complexity index is 814. The number of benzene rings is 2. The van der Waals surface area contributed by atoms with E-state index in [1.165, 1.54) is 0 Å². The fourth-order valence-corrected chi connectivity index (χ4v) is 2.88. The van der Waals surface area contributed by atoms with Crippen LogP contribution >= 0.6 is 0 Å². The summed E-state index contributed by atoms with van der Waals surface area (Å²) in [6, 6.07) is 15.0. The Morgan fingerprint density at radius 3 is 2.08 bits per heavy atom. The van der Waals surface area contributed by atoms with Gasteiger partial charge in [0.05, 0.1) is 0 Å². The predicted molar refractivity (Wildman–Crippen MR) is 103 cm³/mol. The number of phenols is 1.